The second kappa shape index (κ2) is 8.53. The van der Waals surface area contributed by atoms with Gasteiger partial charge in [-0.1, -0.05) is 30.9 Å². The molecule has 0 bridgehead atoms. The van der Waals surface area contributed by atoms with E-state index >= 15 is 0 Å². The molecular formula is C15H16O5. The quantitative estimate of drug-likeness (QED) is 0.446. The SMILES string of the molecule is C=CCOc1ccccc1CCOC(=O)C=CC(=O)O. The molecule has 0 aromatic heterocycles. The Morgan fingerprint density at radius 2 is 2.00 bits per heavy atom. The van der Waals surface area contributed by atoms with Gasteiger partial charge in [0.15, 0.2) is 0 Å². The predicted octanol–water partition coefficient (Wildman–Crippen LogP) is 1.98. The second-order valence-corrected chi connectivity index (χ2v) is 3.80. The monoisotopic (exact) mass is 276 g/mol. The molecule has 1 rings (SSSR count). The van der Waals surface area contributed by atoms with E-state index < -0.39 is 11.9 Å². The molecule has 0 aliphatic carbocycles. The van der Waals surface area contributed by atoms with Crippen molar-refractivity contribution >= 4 is 11.9 Å². The highest BCUT2D eigenvalue weighted by Crippen LogP contribution is 2.18. The van der Waals surface area contributed by atoms with Crippen molar-refractivity contribution in [1.82, 2.24) is 0 Å². The molecule has 1 N–H and O–H groups in total. The third kappa shape index (κ3) is 5.86. The van der Waals surface area contributed by atoms with Gasteiger partial charge < -0.3 is 14.6 Å². The van der Waals surface area contributed by atoms with E-state index in [9.17, 15) is 9.59 Å². The minimum absolute atomic E-state index is 0.150. The van der Waals surface area contributed by atoms with Crippen LogP contribution in [0.4, 0.5) is 0 Å². The van der Waals surface area contributed by atoms with Crippen LogP contribution < -0.4 is 4.74 Å². The molecular weight excluding hydrogens is 260 g/mol. The van der Waals surface area contributed by atoms with Gasteiger partial charge in [0.25, 0.3) is 0 Å². The average molecular weight is 276 g/mol. The highest BCUT2D eigenvalue weighted by Gasteiger charge is 2.04. The summed E-state index contributed by atoms with van der Waals surface area (Å²) in [6.07, 6.45) is 3.75. The molecule has 5 heteroatoms. The van der Waals surface area contributed by atoms with E-state index in [1.807, 2.05) is 24.3 Å². The summed E-state index contributed by atoms with van der Waals surface area (Å²) in [5.74, 6) is -1.16. The third-order valence-electron chi connectivity index (χ3n) is 2.31. The smallest absolute Gasteiger partial charge is 0.331 e. The first-order chi connectivity index (χ1) is 9.63. The lowest BCUT2D eigenvalue weighted by Gasteiger charge is -2.09. The van der Waals surface area contributed by atoms with Gasteiger partial charge in [0, 0.05) is 18.6 Å². The van der Waals surface area contributed by atoms with Gasteiger partial charge in [-0.25, -0.2) is 9.59 Å². The van der Waals surface area contributed by atoms with Crippen LogP contribution in [-0.2, 0) is 20.7 Å². The number of hydrogen-bond donors (Lipinski definition) is 1. The number of ether oxygens (including phenoxy) is 2. The molecule has 0 aliphatic rings. The number of aliphatic carboxylic acids is 1. The number of rotatable bonds is 8. The zero-order valence-corrected chi connectivity index (χ0v) is 11.0. The normalized spacial score (nSPS) is 10.2. The Hall–Kier alpha value is -2.56. The molecule has 0 amide bonds. The minimum Gasteiger partial charge on any atom is -0.489 e. The lowest BCUT2D eigenvalue weighted by Crippen LogP contribution is -2.07. The number of carboxylic acids is 1. The van der Waals surface area contributed by atoms with Crippen molar-refractivity contribution in [3.8, 4) is 5.75 Å². The van der Waals surface area contributed by atoms with Gasteiger partial charge >= 0.3 is 11.9 Å². The Labute approximate surface area is 117 Å². The van der Waals surface area contributed by atoms with E-state index in [4.69, 9.17) is 14.6 Å². The Bertz CT molecular complexity index is 505. The molecule has 0 unspecified atom stereocenters. The number of carbonyl (C=O) groups is 2. The van der Waals surface area contributed by atoms with Crippen molar-refractivity contribution in [3.63, 3.8) is 0 Å². The predicted molar refractivity (Wildman–Crippen MR) is 73.6 cm³/mol. The lowest BCUT2D eigenvalue weighted by atomic mass is 10.1. The van der Waals surface area contributed by atoms with E-state index in [-0.39, 0.29) is 6.61 Å². The van der Waals surface area contributed by atoms with Gasteiger partial charge in [0.05, 0.1) is 6.61 Å². The van der Waals surface area contributed by atoms with Crippen LogP contribution in [0.3, 0.4) is 0 Å². The van der Waals surface area contributed by atoms with Crippen molar-refractivity contribution in [2.75, 3.05) is 13.2 Å². The summed E-state index contributed by atoms with van der Waals surface area (Å²) >= 11 is 0. The van der Waals surface area contributed by atoms with Crippen LogP contribution in [0.2, 0.25) is 0 Å². The van der Waals surface area contributed by atoms with E-state index in [1.54, 1.807) is 6.08 Å². The molecule has 0 fully saturated rings. The highest BCUT2D eigenvalue weighted by atomic mass is 16.5. The Morgan fingerprint density at radius 1 is 1.25 bits per heavy atom. The number of para-hydroxylation sites is 1. The molecule has 20 heavy (non-hydrogen) atoms. The molecule has 1 aromatic carbocycles. The van der Waals surface area contributed by atoms with Crippen LogP contribution in [-0.4, -0.2) is 30.3 Å². The fourth-order valence-corrected chi connectivity index (χ4v) is 1.45. The molecule has 0 radical (unpaired) electrons. The molecule has 0 aliphatic heterocycles. The zero-order valence-electron chi connectivity index (χ0n) is 11.0. The summed E-state index contributed by atoms with van der Waals surface area (Å²) in [6, 6.07) is 7.41. The maximum absolute atomic E-state index is 11.2. The summed E-state index contributed by atoms with van der Waals surface area (Å²) in [4.78, 5) is 21.4. The van der Waals surface area contributed by atoms with Crippen molar-refractivity contribution in [1.29, 1.82) is 0 Å². The van der Waals surface area contributed by atoms with Gasteiger partial charge in [0.2, 0.25) is 0 Å². The van der Waals surface area contributed by atoms with E-state index in [0.717, 1.165) is 17.7 Å². The lowest BCUT2D eigenvalue weighted by molar-refractivity contribution is -0.138. The molecule has 106 valence electrons. The molecule has 0 spiro atoms. The maximum Gasteiger partial charge on any atom is 0.331 e. The number of carbonyl (C=O) groups excluding carboxylic acids is 1. The first-order valence-electron chi connectivity index (χ1n) is 6.03. The van der Waals surface area contributed by atoms with E-state index in [2.05, 4.69) is 6.58 Å². The number of benzene rings is 1. The zero-order chi connectivity index (χ0) is 14.8. The van der Waals surface area contributed by atoms with Crippen molar-refractivity contribution in [2.45, 2.75) is 6.42 Å². The molecule has 0 atom stereocenters. The molecule has 0 saturated carbocycles. The van der Waals surface area contributed by atoms with Crippen molar-refractivity contribution in [3.05, 3.63) is 54.6 Å². The van der Waals surface area contributed by atoms with Crippen molar-refractivity contribution in [2.24, 2.45) is 0 Å². The number of hydrogen-bond acceptors (Lipinski definition) is 4. The standard InChI is InChI=1S/C15H16O5/c1-2-10-19-13-6-4-3-5-12(13)9-11-20-15(18)8-7-14(16)17/h2-8H,1,9-11H2,(H,16,17). The molecule has 0 saturated heterocycles. The largest absolute Gasteiger partial charge is 0.489 e. The summed E-state index contributed by atoms with van der Waals surface area (Å²) < 4.78 is 10.4. The van der Waals surface area contributed by atoms with E-state index in [0.29, 0.717) is 18.8 Å². The summed E-state index contributed by atoms with van der Waals surface area (Å²) in [5, 5.41) is 8.37. The topological polar surface area (TPSA) is 72.8 Å². The highest BCUT2D eigenvalue weighted by molar-refractivity contribution is 5.90. The maximum atomic E-state index is 11.2. The van der Waals surface area contributed by atoms with Crippen LogP contribution in [0, 0.1) is 0 Å². The third-order valence-corrected chi connectivity index (χ3v) is 2.31. The second-order valence-electron chi connectivity index (χ2n) is 3.80. The first-order valence-corrected chi connectivity index (χ1v) is 6.03. The fourth-order valence-electron chi connectivity index (χ4n) is 1.45. The summed E-state index contributed by atoms with van der Waals surface area (Å²) in [5.41, 5.74) is 0.907. The Kier molecular flexibility index (Phi) is 6.61. The van der Waals surface area contributed by atoms with Gasteiger partial charge in [-0.15, -0.1) is 0 Å². The number of esters is 1. The first kappa shape index (κ1) is 15.5. The fraction of sp³-hybridized carbons (Fsp3) is 0.200. The average Bonchev–Trinajstić information content (AvgIpc) is 2.44. The van der Waals surface area contributed by atoms with Gasteiger partial charge in [-0.3, -0.25) is 0 Å². The summed E-state index contributed by atoms with van der Waals surface area (Å²) in [6.45, 7) is 4.13. The van der Waals surface area contributed by atoms with Crippen LogP contribution in [0.5, 0.6) is 5.75 Å². The van der Waals surface area contributed by atoms with Gasteiger partial charge in [-0.05, 0) is 11.6 Å². The molecule has 5 nitrogen and oxygen atoms in total. The van der Waals surface area contributed by atoms with Crippen LogP contribution in [0.25, 0.3) is 0 Å². The van der Waals surface area contributed by atoms with Crippen molar-refractivity contribution < 1.29 is 24.2 Å². The Balaban J connectivity index is 2.47. The van der Waals surface area contributed by atoms with Crippen LogP contribution >= 0.6 is 0 Å². The van der Waals surface area contributed by atoms with Gasteiger partial charge in [-0.2, -0.15) is 0 Å². The summed E-state index contributed by atoms with van der Waals surface area (Å²) in [7, 11) is 0. The number of carboxylic acid groups (broad SMARTS) is 1. The van der Waals surface area contributed by atoms with Crippen LogP contribution in [0.1, 0.15) is 5.56 Å². The van der Waals surface area contributed by atoms with Crippen LogP contribution in [0.15, 0.2) is 49.1 Å². The minimum atomic E-state index is -1.19. The van der Waals surface area contributed by atoms with E-state index in [1.165, 1.54) is 0 Å². The van der Waals surface area contributed by atoms with Gasteiger partial charge in [0.1, 0.15) is 12.4 Å². The molecule has 1 aromatic rings. The Morgan fingerprint density at radius 3 is 2.70 bits per heavy atom. The molecule has 0 heterocycles.